The van der Waals surface area contributed by atoms with E-state index in [0.717, 1.165) is 34.5 Å². The van der Waals surface area contributed by atoms with Gasteiger partial charge in [0.1, 0.15) is 0 Å². The molecule has 0 aliphatic rings. The fourth-order valence-electron chi connectivity index (χ4n) is 1.75. The molecule has 100 valence electrons. The molecule has 0 atom stereocenters. The molecule has 2 N–H and O–H groups in total. The summed E-state index contributed by atoms with van der Waals surface area (Å²) >= 11 is 3.42. The van der Waals surface area contributed by atoms with Crippen molar-refractivity contribution in [2.75, 3.05) is 25.0 Å². The Labute approximate surface area is 121 Å². The van der Waals surface area contributed by atoms with E-state index in [2.05, 4.69) is 31.0 Å². The zero-order valence-electron chi connectivity index (χ0n) is 10.9. The van der Waals surface area contributed by atoms with E-state index in [1.165, 1.54) is 0 Å². The molecule has 0 radical (unpaired) electrons. The van der Waals surface area contributed by atoms with Gasteiger partial charge in [-0.05, 0) is 37.2 Å². The monoisotopic (exact) mass is 320 g/mol. The second-order valence-corrected chi connectivity index (χ2v) is 5.26. The van der Waals surface area contributed by atoms with E-state index in [0.29, 0.717) is 6.54 Å². The highest BCUT2D eigenvalue weighted by Crippen LogP contribution is 2.20. The number of halogens is 1. The molecule has 0 bridgehead atoms. The SMILES string of the molecule is CN(CCCN)c1ccc(-c2ccc(Br)cc2)nn1. The van der Waals surface area contributed by atoms with E-state index in [4.69, 9.17) is 5.73 Å². The molecule has 0 saturated heterocycles. The molecule has 2 aromatic rings. The van der Waals surface area contributed by atoms with Crippen LogP contribution in [0.5, 0.6) is 0 Å². The summed E-state index contributed by atoms with van der Waals surface area (Å²) in [6.45, 7) is 1.58. The number of hydrogen-bond acceptors (Lipinski definition) is 4. The quantitative estimate of drug-likeness (QED) is 0.920. The van der Waals surface area contributed by atoms with Gasteiger partial charge in [0, 0.05) is 23.6 Å². The van der Waals surface area contributed by atoms with Crippen LogP contribution in [0.15, 0.2) is 40.9 Å². The van der Waals surface area contributed by atoms with Crippen LogP contribution in [0.4, 0.5) is 5.82 Å². The molecule has 0 unspecified atom stereocenters. The molecule has 0 amide bonds. The number of rotatable bonds is 5. The third-order valence-corrected chi connectivity index (χ3v) is 3.41. The minimum atomic E-state index is 0.689. The first kappa shape index (κ1) is 14.0. The molecular formula is C14H17BrN4. The normalized spacial score (nSPS) is 10.5. The predicted molar refractivity (Wildman–Crippen MR) is 82.1 cm³/mol. The fraction of sp³-hybridized carbons (Fsp3) is 0.286. The van der Waals surface area contributed by atoms with Gasteiger partial charge in [-0.15, -0.1) is 10.2 Å². The molecular weight excluding hydrogens is 304 g/mol. The molecule has 1 aromatic heterocycles. The van der Waals surface area contributed by atoms with Crippen LogP contribution in [0.2, 0.25) is 0 Å². The maximum atomic E-state index is 5.50. The summed E-state index contributed by atoms with van der Waals surface area (Å²) < 4.78 is 1.06. The van der Waals surface area contributed by atoms with Gasteiger partial charge in [0.05, 0.1) is 5.69 Å². The van der Waals surface area contributed by atoms with Gasteiger partial charge in [0.2, 0.25) is 0 Å². The van der Waals surface area contributed by atoms with Crippen molar-refractivity contribution in [1.82, 2.24) is 10.2 Å². The average molecular weight is 321 g/mol. The van der Waals surface area contributed by atoms with Gasteiger partial charge >= 0.3 is 0 Å². The maximum Gasteiger partial charge on any atom is 0.151 e. The zero-order valence-corrected chi connectivity index (χ0v) is 12.5. The van der Waals surface area contributed by atoms with Crippen molar-refractivity contribution in [3.8, 4) is 11.3 Å². The number of benzene rings is 1. The number of aromatic nitrogens is 2. The summed E-state index contributed by atoms with van der Waals surface area (Å²) in [5.74, 6) is 0.870. The van der Waals surface area contributed by atoms with Crippen molar-refractivity contribution in [3.63, 3.8) is 0 Å². The Morgan fingerprint density at radius 2 is 1.84 bits per heavy atom. The van der Waals surface area contributed by atoms with Crippen molar-refractivity contribution in [3.05, 3.63) is 40.9 Å². The van der Waals surface area contributed by atoms with Crippen molar-refractivity contribution in [1.29, 1.82) is 0 Å². The molecule has 5 heteroatoms. The number of nitrogens with two attached hydrogens (primary N) is 1. The molecule has 2 rings (SSSR count). The molecule has 0 fully saturated rings. The second-order valence-electron chi connectivity index (χ2n) is 4.35. The highest BCUT2D eigenvalue weighted by atomic mass is 79.9. The Kier molecular flexibility index (Phi) is 4.87. The largest absolute Gasteiger partial charge is 0.358 e. The minimum absolute atomic E-state index is 0.689. The number of hydrogen-bond donors (Lipinski definition) is 1. The summed E-state index contributed by atoms with van der Waals surface area (Å²) in [4.78, 5) is 2.06. The lowest BCUT2D eigenvalue weighted by atomic mass is 10.1. The highest BCUT2D eigenvalue weighted by molar-refractivity contribution is 9.10. The van der Waals surface area contributed by atoms with Crippen LogP contribution in [0.1, 0.15) is 6.42 Å². The summed E-state index contributed by atoms with van der Waals surface area (Å²) in [6, 6.07) is 12.0. The van der Waals surface area contributed by atoms with Gasteiger partial charge in [0.25, 0.3) is 0 Å². The lowest BCUT2D eigenvalue weighted by Crippen LogP contribution is -2.22. The van der Waals surface area contributed by atoms with E-state index < -0.39 is 0 Å². The third kappa shape index (κ3) is 3.75. The van der Waals surface area contributed by atoms with Crippen molar-refractivity contribution >= 4 is 21.7 Å². The molecule has 1 heterocycles. The van der Waals surface area contributed by atoms with Crippen LogP contribution >= 0.6 is 15.9 Å². The summed E-state index contributed by atoms with van der Waals surface area (Å²) in [6.07, 6.45) is 0.951. The summed E-state index contributed by atoms with van der Waals surface area (Å²) in [5, 5.41) is 8.52. The van der Waals surface area contributed by atoms with Gasteiger partial charge in [-0.3, -0.25) is 0 Å². The smallest absolute Gasteiger partial charge is 0.151 e. The molecule has 0 spiro atoms. The van der Waals surface area contributed by atoms with E-state index in [-0.39, 0.29) is 0 Å². The van der Waals surface area contributed by atoms with Crippen LogP contribution in [-0.4, -0.2) is 30.3 Å². The molecule has 0 aliphatic heterocycles. The first-order chi connectivity index (χ1) is 9.20. The average Bonchev–Trinajstić information content (AvgIpc) is 2.46. The van der Waals surface area contributed by atoms with Gasteiger partial charge in [0.15, 0.2) is 5.82 Å². The maximum absolute atomic E-state index is 5.50. The molecule has 1 aromatic carbocycles. The first-order valence-electron chi connectivity index (χ1n) is 6.21. The summed E-state index contributed by atoms with van der Waals surface area (Å²) in [5.41, 5.74) is 7.44. The molecule has 19 heavy (non-hydrogen) atoms. The van der Waals surface area contributed by atoms with Crippen molar-refractivity contribution < 1.29 is 0 Å². The zero-order chi connectivity index (χ0) is 13.7. The van der Waals surface area contributed by atoms with Gasteiger partial charge in [-0.1, -0.05) is 28.1 Å². The van der Waals surface area contributed by atoms with Crippen LogP contribution in [0.3, 0.4) is 0 Å². The van der Waals surface area contributed by atoms with Crippen LogP contribution in [-0.2, 0) is 0 Å². The van der Waals surface area contributed by atoms with Crippen LogP contribution < -0.4 is 10.6 Å². The third-order valence-electron chi connectivity index (χ3n) is 2.88. The number of anilines is 1. The van der Waals surface area contributed by atoms with E-state index >= 15 is 0 Å². The standard InChI is InChI=1S/C14H17BrN4/c1-19(10-2-9-16)14-8-7-13(17-18-14)11-3-5-12(15)6-4-11/h3-8H,2,9-10,16H2,1H3. The van der Waals surface area contributed by atoms with E-state index in [1.54, 1.807) is 0 Å². The van der Waals surface area contributed by atoms with Crippen LogP contribution in [0, 0.1) is 0 Å². The Morgan fingerprint density at radius 3 is 2.42 bits per heavy atom. The molecule has 0 aliphatic carbocycles. The molecule has 0 saturated carbocycles. The predicted octanol–water partition coefficient (Wildman–Crippen LogP) is 2.69. The Balaban J connectivity index is 2.11. The molecule has 4 nitrogen and oxygen atoms in total. The van der Waals surface area contributed by atoms with Gasteiger partial charge in [-0.25, -0.2) is 0 Å². The Bertz CT molecular complexity index is 510. The fourth-order valence-corrected chi connectivity index (χ4v) is 2.01. The summed E-state index contributed by atoms with van der Waals surface area (Å²) in [7, 11) is 2.00. The van der Waals surface area contributed by atoms with Gasteiger partial charge in [-0.2, -0.15) is 0 Å². The van der Waals surface area contributed by atoms with Crippen LogP contribution in [0.25, 0.3) is 11.3 Å². The van der Waals surface area contributed by atoms with Crippen molar-refractivity contribution in [2.45, 2.75) is 6.42 Å². The second kappa shape index (κ2) is 6.63. The minimum Gasteiger partial charge on any atom is -0.358 e. The topological polar surface area (TPSA) is 55.0 Å². The lowest BCUT2D eigenvalue weighted by Gasteiger charge is -2.16. The Hall–Kier alpha value is -1.46. The number of nitrogens with zero attached hydrogens (tertiary/aromatic N) is 3. The van der Waals surface area contributed by atoms with Gasteiger partial charge < -0.3 is 10.6 Å². The van der Waals surface area contributed by atoms with E-state index in [1.807, 2.05) is 43.4 Å². The Morgan fingerprint density at radius 1 is 1.11 bits per heavy atom. The highest BCUT2D eigenvalue weighted by Gasteiger charge is 2.04. The lowest BCUT2D eigenvalue weighted by molar-refractivity contribution is 0.778. The first-order valence-corrected chi connectivity index (χ1v) is 7.01. The van der Waals surface area contributed by atoms with E-state index in [9.17, 15) is 0 Å². The van der Waals surface area contributed by atoms with Crippen molar-refractivity contribution in [2.24, 2.45) is 5.73 Å².